The van der Waals surface area contributed by atoms with Crippen molar-refractivity contribution in [1.82, 2.24) is 20.0 Å². The molecule has 0 atom stereocenters. The number of ether oxygens (including phenoxy) is 1. The van der Waals surface area contributed by atoms with E-state index in [1.165, 1.54) is 16.7 Å². The quantitative estimate of drug-likeness (QED) is 0.362. The van der Waals surface area contributed by atoms with Crippen molar-refractivity contribution in [3.05, 3.63) is 58.5 Å². The predicted octanol–water partition coefficient (Wildman–Crippen LogP) is 4.83. The van der Waals surface area contributed by atoms with Gasteiger partial charge in [-0.1, -0.05) is 18.2 Å². The third-order valence-corrected chi connectivity index (χ3v) is 5.63. The van der Waals surface area contributed by atoms with Gasteiger partial charge in [-0.2, -0.15) is 0 Å². The number of carbonyl (C=O) groups excluding carboxylic acids is 2. The molecule has 9 nitrogen and oxygen atoms in total. The van der Waals surface area contributed by atoms with E-state index in [9.17, 15) is 9.59 Å². The molecule has 0 radical (unpaired) electrons. The molecule has 0 bridgehead atoms. The molecule has 2 heterocycles. The standard InChI is InChI=1S/C26H36N6O3/c1-16-9-8-10-17(2)21(16)14-29-22-13-20(15-32-19(4)18(3)30-23(22)32)31-24(33)27-11-12-28-25(34)35-26(5,6)7/h8-10,13,15,29H,11-12,14H2,1-7H3,(H,28,34)(H2,27,31,33). The number of nitrogens with one attached hydrogen (secondary N) is 4. The highest BCUT2D eigenvalue weighted by Gasteiger charge is 2.16. The van der Waals surface area contributed by atoms with Crippen LogP contribution in [0.5, 0.6) is 0 Å². The predicted molar refractivity (Wildman–Crippen MR) is 139 cm³/mol. The van der Waals surface area contributed by atoms with Gasteiger partial charge >= 0.3 is 12.1 Å². The molecule has 3 amide bonds. The number of nitrogens with zero attached hydrogens (tertiary/aromatic N) is 2. The zero-order valence-corrected chi connectivity index (χ0v) is 21.6. The molecule has 0 saturated carbocycles. The highest BCUT2D eigenvalue weighted by Crippen LogP contribution is 2.26. The Balaban J connectivity index is 1.68. The second kappa shape index (κ2) is 10.7. The van der Waals surface area contributed by atoms with Crippen molar-refractivity contribution in [3.8, 4) is 0 Å². The van der Waals surface area contributed by atoms with Crippen molar-refractivity contribution < 1.29 is 14.3 Å². The first-order valence-corrected chi connectivity index (χ1v) is 11.7. The Bertz CT molecular complexity index is 1210. The lowest BCUT2D eigenvalue weighted by Gasteiger charge is -2.19. The summed E-state index contributed by atoms with van der Waals surface area (Å²) < 4.78 is 7.16. The van der Waals surface area contributed by atoms with E-state index in [2.05, 4.69) is 53.3 Å². The topological polar surface area (TPSA) is 109 Å². The Kier molecular flexibility index (Phi) is 7.89. The number of anilines is 2. The second-order valence-corrected chi connectivity index (χ2v) is 9.65. The third-order valence-electron chi connectivity index (χ3n) is 5.63. The first-order valence-electron chi connectivity index (χ1n) is 11.7. The minimum absolute atomic E-state index is 0.254. The van der Waals surface area contributed by atoms with Gasteiger partial charge in [0.15, 0.2) is 5.65 Å². The summed E-state index contributed by atoms with van der Waals surface area (Å²) in [4.78, 5) is 28.9. The summed E-state index contributed by atoms with van der Waals surface area (Å²) in [5, 5.41) is 11.7. The van der Waals surface area contributed by atoms with Crippen LogP contribution in [0.4, 0.5) is 21.0 Å². The average Bonchev–Trinajstić information content (AvgIpc) is 3.04. The van der Waals surface area contributed by atoms with Gasteiger partial charge in [0.2, 0.25) is 0 Å². The Morgan fingerprint density at radius 1 is 1.03 bits per heavy atom. The van der Waals surface area contributed by atoms with Gasteiger partial charge in [-0.05, 0) is 71.2 Å². The minimum Gasteiger partial charge on any atom is -0.444 e. The lowest BCUT2D eigenvalue weighted by molar-refractivity contribution is 0.0528. The number of aryl methyl sites for hydroxylation is 4. The first kappa shape index (κ1) is 25.9. The van der Waals surface area contributed by atoms with E-state index in [0.717, 1.165) is 22.7 Å². The summed E-state index contributed by atoms with van der Waals surface area (Å²) in [5.74, 6) is 0. The Morgan fingerprint density at radius 3 is 2.34 bits per heavy atom. The van der Waals surface area contributed by atoms with Gasteiger partial charge in [-0.25, -0.2) is 14.6 Å². The number of urea groups is 1. The van der Waals surface area contributed by atoms with Crippen LogP contribution in [0.1, 0.15) is 48.8 Å². The van der Waals surface area contributed by atoms with Crippen molar-refractivity contribution in [1.29, 1.82) is 0 Å². The number of hydrogen-bond donors (Lipinski definition) is 4. The van der Waals surface area contributed by atoms with E-state index in [1.54, 1.807) is 20.8 Å². The molecule has 0 unspecified atom stereocenters. The average molecular weight is 481 g/mol. The van der Waals surface area contributed by atoms with Crippen LogP contribution in [-0.4, -0.2) is 40.2 Å². The van der Waals surface area contributed by atoms with E-state index in [-0.39, 0.29) is 19.1 Å². The van der Waals surface area contributed by atoms with Crippen LogP contribution in [0.25, 0.3) is 5.65 Å². The van der Waals surface area contributed by atoms with E-state index < -0.39 is 11.7 Å². The number of alkyl carbamates (subject to hydrolysis) is 1. The fourth-order valence-corrected chi connectivity index (χ4v) is 3.71. The zero-order chi connectivity index (χ0) is 25.8. The molecule has 0 aliphatic rings. The Hall–Kier alpha value is -3.75. The van der Waals surface area contributed by atoms with Gasteiger partial charge in [0, 0.05) is 31.5 Å². The number of imidazole rings is 1. The maximum Gasteiger partial charge on any atom is 0.407 e. The summed E-state index contributed by atoms with van der Waals surface area (Å²) in [6.45, 7) is 14.7. The first-order chi connectivity index (χ1) is 16.4. The molecule has 35 heavy (non-hydrogen) atoms. The molecule has 2 aromatic heterocycles. The summed E-state index contributed by atoms with van der Waals surface area (Å²) in [6, 6.07) is 7.77. The summed E-state index contributed by atoms with van der Waals surface area (Å²) >= 11 is 0. The molecule has 0 fully saturated rings. The smallest absolute Gasteiger partial charge is 0.407 e. The molecule has 1 aromatic carbocycles. The molecule has 0 spiro atoms. The van der Waals surface area contributed by atoms with Gasteiger partial charge in [-0.3, -0.25) is 0 Å². The SMILES string of the molecule is Cc1cccc(C)c1CNc1cc(NC(=O)NCCNC(=O)OC(C)(C)C)cn2c(C)c(C)nc12. The number of aromatic nitrogens is 2. The summed E-state index contributed by atoms with van der Waals surface area (Å²) in [7, 11) is 0. The number of hydrogen-bond acceptors (Lipinski definition) is 5. The van der Waals surface area contributed by atoms with E-state index in [0.29, 0.717) is 12.2 Å². The van der Waals surface area contributed by atoms with Crippen LogP contribution < -0.4 is 21.3 Å². The molecular weight excluding hydrogens is 444 g/mol. The third kappa shape index (κ3) is 6.88. The fourth-order valence-electron chi connectivity index (χ4n) is 3.71. The molecule has 3 aromatic rings. The van der Waals surface area contributed by atoms with Gasteiger partial charge in [0.1, 0.15) is 5.60 Å². The van der Waals surface area contributed by atoms with Crippen LogP contribution in [0, 0.1) is 27.7 Å². The lowest BCUT2D eigenvalue weighted by atomic mass is 10.0. The lowest BCUT2D eigenvalue weighted by Crippen LogP contribution is -2.39. The van der Waals surface area contributed by atoms with Crippen LogP contribution in [0.3, 0.4) is 0 Å². The molecule has 0 aliphatic heterocycles. The Labute approximate surface area is 206 Å². The van der Waals surface area contributed by atoms with Crippen LogP contribution in [-0.2, 0) is 11.3 Å². The zero-order valence-electron chi connectivity index (χ0n) is 21.6. The van der Waals surface area contributed by atoms with Crippen molar-refractivity contribution in [2.75, 3.05) is 23.7 Å². The molecular formula is C26H36N6O3. The number of fused-ring (bicyclic) bond motifs is 1. The number of benzene rings is 1. The summed E-state index contributed by atoms with van der Waals surface area (Å²) in [6.07, 6.45) is 1.34. The van der Waals surface area contributed by atoms with E-state index in [4.69, 9.17) is 9.72 Å². The molecule has 0 saturated heterocycles. The van der Waals surface area contributed by atoms with Crippen molar-refractivity contribution in [3.63, 3.8) is 0 Å². The van der Waals surface area contributed by atoms with E-state index in [1.807, 2.05) is 30.5 Å². The Morgan fingerprint density at radius 2 is 1.69 bits per heavy atom. The number of carbonyl (C=O) groups is 2. The number of pyridine rings is 1. The second-order valence-electron chi connectivity index (χ2n) is 9.65. The van der Waals surface area contributed by atoms with Crippen LogP contribution in [0.15, 0.2) is 30.5 Å². The largest absolute Gasteiger partial charge is 0.444 e. The molecule has 3 rings (SSSR count). The maximum atomic E-state index is 12.5. The van der Waals surface area contributed by atoms with Crippen molar-refractivity contribution in [2.45, 2.75) is 60.6 Å². The van der Waals surface area contributed by atoms with Gasteiger partial charge in [0.05, 0.1) is 17.1 Å². The minimum atomic E-state index is -0.568. The molecule has 9 heteroatoms. The van der Waals surface area contributed by atoms with Crippen molar-refractivity contribution in [2.24, 2.45) is 0 Å². The number of amides is 3. The van der Waals surface area contributed by atoms with Crippen molar-refractivity contribution >= 4 is 29.1 Å². The van der Waals surface area contributed by atoms with E-state index >= 15 is 0 Å². The van der Waals surface area contributed by atoms with Gasteiger partial charge in [-0.15, -0.1) is 0 Å². The molecule has 0 aliphatic carbocycles. The van der Waals surface area contributed by atoms with Gasteiger partial charge in [0.25, 0.3) is 0 Å². The molecule has 4 N–H and O–H groups in total. The summed E-state index contributed by atoms with van der Waals surface area (Å²) in [5.41, 5.74) is 7.29. The molecule has 188 valence electrons. The number of rotatable bonds is 7. The normalized spacial score (nSPS) is 11.3. The monoisotopic (exact) mass is 480 g/mol. The van der Waals surface area contributed by atoms with Crippen LogP contribution in [0.2, 0.25) is 0 Å². The highest BCUT2D eigenvalue weighted by atomic mass is 16.6. The fraction of sp³-hybridized carbons (Fsp3) is 0.423. The van der Waals surface area contributed by atoms with Gasteiger partial charge < -0.3 is 30.4 Å². The highest BCUT2D eigenvalue weighted by molar-refractivity contribution is 5.90. The maximum absolute atomic E-state index is 12.5. The van der Waals surface area contributed by atoms with Crippen LogP contribution >= 0.6 is 0 Å².